The lowest BCUT2D eigenvalue weighted by Crippen LogP contribution is -2.04. The van der Waals surface area contributed by atoms with Crippen molar-refractivity contribution in [3.63, 3.8) is 0 Å². The molecule has 3 heteroatoms. The van der Waals surface area contributed by atoms with Crippen LogP contribution in [0.25, 0.3) is 0 Å². The smallest absolute Gasteiger partial charge is 0.0853 e. The zero-order valence-corrected chi connectivity index (χ0v) is 6.77. The number of anilines is 1. The molecule has 1 unspecified atom stereocenters. The molecule has 0 amide bonds. The Hall–Kier alpha value is -1.09. The minimum atomic E-state index is -0.404. The van der Waals surface area contributed by atoms with Crippen LogP contribution in [0.15, 0.2) is 18.5 Å². The Kier molecular flexibility index (Phi) is 1.73. The van der Waals surface area contributed by atoms with Crippen LogP contribution >= 0.6 is 0 Å². The van der Waals surface area contributed by atoms with E-state index in [1.54, 1.807) is 18.5 Å². The highest BCUT2D eigenvalue weighted by Crippen LogP contribution is 2.41. The number of aliphatic hydroxyl groups excluding tert-OH is 1. The van der Waals surface area contributed by atoms with Gasteiger partial charge in [0.25, 0.3) is 0 Å². The Labute approximate surface area is 71.2 Å². The monoisotopic (exact) mass is 164 g/mol. The van der Waals surface area contributed by atoms with Gasteiger partial charge in [0.05, 0.1) is 6.10 Å². The molecule has 0 saturated heterocycles. The van der Waals surface area contributed by atoms with E-state index in [0.717, 1.165) is 18.4 Å². The maximum atomic E-state index is 9.72. The van der Waals surface area contributed by atoms with Gasteiger partial charge in [-0.1, -0.05) is 0 Å². The average Bonchev–Trinajstić information content (AvgIpc) is 2.86. The summed E-state index contributed by atoms with van der Waals surface area (Å²) in [5.41, 5.74) is 7.11. The predicted octanol–water partition coefficient (Wildman–Crippen LogP) is 1.11. The van der Waals surface area contributed by atoms with Crippen LogP contribution in [-0.4, -0.2) is 10.1 Å². The Bertz CT molecular complexity index is 284. The molecule has 0 aromatic carbocycles. The third-order valence-corrected chi connectivity index (χ3v) is 2.27. The summed E-state index contributed by atoms with van der Waals surface area (Å²) in [4.78, 5) is 3.94. The van der Waals surface area contributed by atoms with Gasteiger partial charge < -0.3 is 10.8 Å². The third-order valence-electron chi connectivity index (χ3n) is 2.27. The van der Waals surface area contributed by atoms with Crippen LogP contribution in [0.2, 0.25) is 0 Å². The van der Waals surface area contributed by atoms with Gasteiger partial charge in [0.1, 0.15) is 0 Å². The number of nitrogen functional groups attached to an aromatic ring is 1. The van der Waals surface area contributed by atoms with E-state index in [2.05, 4.69) is 4.98 Å². The second kappa shape index (κ2) is 2.75. The summed E-state index contributed by atoms with van der Waals surface area (Å²) in [5.74, 6) is 0.413. The summed E-state index contributed by atoms with van der Waals surface area (Å²) in [7, 11) is 0. The fourth-order valence-electron chi connectivity index (χ4n) is 1.33. The molecule has 64 valence electrons. The Morgan fingerprint density at radius 2 is 2.33 bits per heavy atom. The molecule has 0 radical (unpaired) electrons. The molecule has 0 bridgehead atoms. The highest BCUT2D eigenvalue weighted by Gasteiger charge is 2.31. The van der Waals surface area contributed by atoms with Crippen LogP contribution in [0, 0.1) is 5.92 Å². The summed E-state index contributed by atoms with van der Waals surface area (Å²) < 4.78 is 0. The second-order valence-corrected chi connectivity index (χ2v) is 3.29. The first-order valence-electron chi connectivity index (χ1n) is 4.16. The summed E-state index contributed by atoms with van der Waals surface area (Å²) in [6, 6.07) is 1.72. The molecule has 12 heavy (non-hydrogen) atoms. The maximum Gasteiger partial charge on any atom is 0.0853 e. The number of aliphatic hydroxyl groups is 1. The largest absolute Gasteiger partial charge is 0.398 e. The highest BCUT2D eigenvalue weighted by molar-refractivity contribution is 5.46. The van der Waals surface area contributed by atoms with Crippen LogP contribution < -0.4 is 5.73 Å². The van der Waals surface area contributed by atoms with Gasteiger partial charge >= 0.3 is 0 Å². The first kappa shape index (κ1) is 7.55. The first-order valence-corrected chi connectivity index (χ1v) is 4.16. The van der Waals surface area contributed by atoms with Crippen molar-refractivity contribution in [1.82, 2.24) is 4.98 Å². The van der Waals surface area contributed by atoms with E-state index in [4.69, 9.17) is 5.73 Å². The minimum Gasteiger partial charge on any atom is -0.398 e. The molecule has 1 saturated carbocycles. The normalized spacial score (nSPS) is 19.1. The number of rotatable bonds is 2. The zero-order chi connectivity index (χ0) is 8.55. The van der Waals surface area contributed by atoms with Gasteiger partial charge in [-0.05, 0) is 24.8 Å². The van der Waals surface area contributed by atoms with E-state index in [1.165, 1.54) is 0 Å². The number of nitrogens with two attached hydrogens (primary N) is 1. The topological polar surface area (TPSA) is 59.1 Å². The summed E-state index contributed by atoms with van der Waals surface area (Å²) in [6.07, 6.45) is 5.10. The van der Waals surface area contributed by atoms with Gasteiger partial charge in [-0.15, -0.1) is 0 Å². The number of aromatic nitrogens is 1. The van der Waals surface area contributed by atoms with E-state index in [9.17, 15) is 5.11 Å². The fourth-order valence-corrected chi connectivity index (χ4v) is 1.33. The average molecular weight is 164 g/mol. The van der Waals surface area contributed by atoms with E-state index < -0.39 is 6.10 Å². The van der Waals surface area contributed by atoms with Gasteiger partial charge in [-0.3, -0.25) is 4.98 Å². The summed E-state index contributed by atoms with van der Waals surface area (Å²) in [6.45, 7) is 0. The van der Waals surface area contributed by atoms with Crippen LogP contribution in [0.3, 0.4) is 0 Å². The molecule has 2 rings (SSSR count). The summed E-state index contributed by atoms with van der Waals surface area (Å²) in [5, 5.41) is 9.72. The van der Waals surface area contributed by atoms with Crippen LogP contribution in [0.5, 0.6) is 0 Å². The van der Waals surface area contributed by atoms with Crippen molar-refractivity contribution in [3.8, 4) is 0 Å². The van der Waals surface area contributed by atoms with E-state index in [1.807, 2.05) is 0 Å². The van der Waals surface area contributed by atoms with Crippen molar-refractivity contribution in [2.75, 3.05) is 5.73 Å². The molecular weight excluding hydrogens is 152 g/mol. The minimum absolute atomic E-state index is 0.404. The molecule has 1 atom stereocenters. The van der Waals surface area contributed by atoms with E-state index in [-0.39, 0.29) is 0 Å². The Morgan fingerprint density at radius 3 is 2.92 bits per heavy atom. The fraction of sp³-hybridized carbons (Fsp3) is 0.444. The SMILES string of the molecule is Nc1ccncc1C(O)C1CC1. The zero-order valence-electron chi connectivity index (χ0n) is 6.77. The number of hydrogen-bond donors (Lipinski definition) is 2. The van der Waals surface area contributed by atoms with Crippen molar-refractivity contribution >= 4 is 5.69 Å². The lowest BCUT2D eigenvalue weighted by Gasteiger charge is -2.10. The van der Waals surface area contributed by atoms with E-state index in [0.29, 0.717) is 11.6 Å². The molecule has 0 spiro atoms. The highest BCUT2D eigenvalue weighted by atomic mass is 16.3. The lowest BCUT2D eigenvalue weighted by atomic mass is 10.1. The summed E-state index contributed by atoms with van der Waals surface area (Å²) >= 11 is 0. The molecule has 3 N–H and O–H groups in total. The number of pyridine rings is 1. The molecule has 1 aliphatic carbocycles. The molecule has 1 fully saturated rings. The predicted molar refractivity (Wildman–Crippen MR) is 46.3 cm³/mol. The van der Waals surface area contributed by atoms with Crippen molar-refractivity contribution in [2.24, 2.45) is 5.92 Å². The standard InChI is InChI=1S/C9H12N2O/c10-8-3-4-11-5-7(8)9(12)6-1-2-6/h3-6,9,12H,1-2H2,(H2,10,11). The third kappa shape index (κ3) is 1.28. The molecule has 0 aliphatic heterocycles. The number of nitrogens with zero attached hydrogens (tertiary/aromatic N) is 1. The van der Waals surface area contributed by atoms with Crippen molar-refractivity contribution in [1.29, 1.82) is 0 Å². The number of hydrogen-bond acceptors (Lipinski definition) is 3. The van der Waals surface area contributed by atoms with E-state index >= 15 is 0 Å². The van der Waals surface area contributed by atoms with Crippen molar-refractivity contribution in [2.45, 2.75) is 18.9 Å². The molecule has 1 aromatic rings. The first-order chi connectivity index (χ1) is 5.79. The molecule has 1 aliphatic rings. The molecule has 1 aromatic heterocycles. The van der Waals surface area contributed by atoms with Crippen molar-refractivity contribution in [3.05, 3.63) is 24.0 Å². The van der Waals surface area contributed by atoms with Crippen LogP contribution in [0.4, 0.5) is 5.69 Å². The Balaban J connectivity index is 2.25. The van der Waals surface area contributed by atoms with Crippen LogP contribution in [0.1, 0.15) is 24.5 Å². The van der Waals surface area contributed by atoms with Gasteiger partial charge in [-0.25, -0.2) is 0 Å². The Morgan fingerprint density at radius 1 is 1.58 bits per heavy atom. The maximum absolute atomic E-state index is 9.72. The van der Waals surface area contributed by atoms with Crippen molar-refractivity contribution < 1.29 is 5.11 Å². The second-order valence-electron chi connectivity index (χ2n) is 3.29. The van der Waals surface area contributed by atoms with Gasteiger partial charge in [0.2, 0.25) is 0 Å². The van der Waals surface area contributed by atoms with Gasteiger partial charge in [0.15, 0.2) is 0 Å². The quantitative estimate of drug-likeness (QED) is 0.688. The molecular formula is C9H12N2O. The molecule has 1 heterocycles. The molecule has 3 nitrogen and oxygen atoms in total. The van der Waals surface area contributed by atoms with Crippen LogP contribution in [-0.2, 0) is 0 Å². The van der Waals surface area contributed by atoms with Gasteiger partial charge in [-0.2, -0.15) is 0 Å². The van der Waals surface area contributed by atoms with Gasteiger partial charge in [0, 0.05) is 23.6 Å². The lowest BCUT2D eigenvalue weighted by molar-refractivity contribution is 0.154.